The molecule has 13 heavy (non-hydrogen) atoms. The average Bonchev–Trinajstić information content (AvgIpc) is 2.09. The summed E-state index contributed by atoms with van der Waals surface area (Å²) in [5.74, 6) is 0. The normalized spacial score (nSPS) is 23.3. The molecule has 3 heteroatoms. The minimum atomic E-state index is 0.633. The Kier molecular flexibility index (Phi) is 4.70. The van der Waals surface area contributed by atoms with Crippen molar-refractivity contribution >= 4 is 0 Å². The molecule has 1 N–H and O–H groups in total. The van der Waals surface area contributed by atoms with Gasteiger partial charge in [0.2, 0.25) is 0 Å². The summed E-state index contributed by atoms with van der Waals surface area (Å²) in [6.45, 7) is 11.6. The van der Waals surface area contributed by atoms with Gasteiger partial charge in [-0.1, -0.05) is 6.92 Å². The van der Waals surface area contributed by atoms with Crippen molar-refractivity contribution in [1.82, 2.24) is 15.1 Å². The zero-order chi connectivity index (χ0) is 9.68. The van der Waals surface area contributed by atoms with E-state index in [9.17, 15) is 0 Å². The van der Waals surface area contributed by atoms with Crippen molar-refractivity contribution in [2.75, 3.05) is 46.3 Å². The maximum absolute atomic E-state index is 3.45. The Labute approximate surface area is 82.1 Å². The van der Waals surface area contributed by atoms with Crippen molar-refractivity contribution in [2.24, 2.45) is 0 Å². The number of hydrogen-bond donors (Lipinski definition) is 1. The van der Waals surface area contributed by atoms with E-state index in [1.807, 2.05) is 0 Å². The van der Waals surface area contributed by atoms with Crippen molar-refractivity contribution in [3.8, 4) is 0 Å². The lowest BCUT2D eigenvalue weighted by Gasteiger charge is -2.34. The van der Waals surface area contributed by atoms with Gasteiger partial charge in [0.15, 0.2) is 0 Å². The van der Waals surface area contributed by atoms with E-state index >= 15 is 0 Å². The largest absolute Gasteiger partial charge is 0.313 e. The summed E-state index contributed by atoms with van der Waals surface area (Å²) in [5, 5.41) is 3.45. The van der Waals surface area contributed by atoms with Gasteiger partial charge < -0.3 is 10.2 Å². The summed E-state index contributed by atoms with van der Waals surface area (Å²) in [5.41, 5.74) is 0. The summed E-state index contributed by atoms with van der Waals surface area (Å²) in [6.07, 6.45) is 0. The van der Waals surface area contributed by atoms with Crippen molar-refractivity contribution in [2.45, 2.75) is 19.9 Å². The van der Waals surface area contributed by atoms with Gasteiger partial charge in [-0.15, -0.1) is 0 Å². The fraction of sp³-hybridized carbons (Fsp3) is 1.00. The monoisotopic (exact) mass is 185 g/mol. The molecule has 0 saturated carbocycles. The maximum Gasteiger partial charge on any atom is 0.0166 e. The summed E-state index contributed by atoms with van der Waals surface area (Å²) in [7, 11) is 2.20. The number of piperazine rings is 1. The lowest BCUT2D eigenvalue weighted by Crippen LogP contribution is -2.48. The molecule has 0 aliphatic carbocycles. The van der Waals surface area contributed by atoms with Gasteiger partial charge >= 0.3 is 0 Å². The third-order valence-corrected chi connectivity index (χ3v) is 2.68. The first kappa shape index (κ1) is 11.0. The minimum Gasteiger partial charge on any atom is -0.313 e. The molecule has 0 aromatic carbocycles. The van der Waals surface area contributed by atoms with Crippen LogP contribution in [0.4, 0.5) is 0 Å². The van der Waals surface area contributed by atoms with Crippen LogP contribution in [0, 0.1) is 0 Å². The number of likely N-dealkylation sites (N-methyl/N-ethyl adjacent to an activating group) is 2. The SMILES string of the molecule is CCNC(C)CN1CCN(C)CC1. The molecule has 0 aromatic heterocycles. The summed E-state index contributed by atoms with van der Waals surface area (Å²) in [6, 6.07) is 0.633. The maximum atomic E-state index is 3.45. The Morgan fingerprint density at radius 1 is 1.23 bits per heavy atom. The molecule has 1 saturated heterocycles. The van der Waals surface area contributed by atoms with Crippen LogP contribution < -0.4 is 5.32 Å². The first-order chi connectivity index (χ1) is 6.22. The summed E-state index contributed by atoms with van der Waals surface area (Å²) >= 11 is 0. The number of nitrogens with zero attached hydrogens (tertiary/aromatic N) is 2. The van der Waals surface area contributed by atoms with E-state index in [1.165, 1.54) is 32.7 Å². The Balaban J connectivity index is 2.14. The first-order valence-corrected chi connectivity index (χ1v) is 5.36. The standard InChI is InChI=1S/C10H23N3/c1-4-11-10(2)9-13-7-5-12(3)6-8-13/h10-11H,4-9H2,1-3H3. The van der Waals surface area contributed by atoms with Crippen LogP contribution in [0.15, 0.2) is 0 Å². The topological polar surface area (TPSA) is 18.5 Å². The van der Waals surface area contributed by atoms with Crippen molar-refractivity contribution < 1.29 is 0 Å². The second-order valence-electron chi connectivity index (χ2n) is 4.06. The second kappa shape index (κ2) is 5.58. The Bertz CT molecular complexity index is 130. The Morgan fingerprint density at radius 2 is 1.85 bits per heavy atom. The van der Waals surface area contributed by atoms with E-state index < -0.39 is 0 Å². The molecular formula is C10H23N3. The highest BCUT2D eigenvalue weighted by molar-refractivity contribution is 4.73. The number of rotatable bonds is 4. The van der Waals surface area contributed by atoms with Crippen molar-refractivity contribution in [3.63, 3.8) is 0 Å². The molecule has 0 spiro atoms. The lowest BCUT2D eigenvalue weighted by atomic mass is 10.2. The molecule has 0 aromatic rings. The van der Waals surface area contributed by atoms with Crippen LogP contribution in [0.3, 0.4) is 0 Å². The van der Waals surface area contributed by atoms with Gasteiger partial charge in [0, 0.05) is 38.8 Å². The third-order valence-electron chi connectivity index (χ3n) is 2.68. The van der Waals surface area contributed by atoms with Gasteiger partial charge in [-0.05, 0) is 20.5 Å². The smallest absolute Gasteiger partial charge is 0.0166 e. The van der Waals surface area contributed by atoms with Crippen LogP contribution in [-0.4, -0.2) is 62.2 Å². The Hall–Kier alpha value is -0.120. The van der Waals surface area contributed by atoms with E-state index in [2.05, 4.69) is 36.0 Å². The number of hydrogen-bond acceptors (Lipinski definition) is 3. The molecule has 1 atom stereocenters. The average molecular weight is 185 g/mol. The van der Waals surface area contributed by atoms with Crippen LogP contribution >= 0.6 is 0 Å². The number of nitrogens with one attached hydrogen (secondary N) is 1. The zero-order valence-electron chi connectivity index (χ0n) is 9.21. The molecule has 1 heterocycles. The molecule has 3 nitrogen and oxygen atoms in total. The van der Waals surface area contributed by atoms with Crippen molar-refractivity contribution in [3.05, 3.63) is 0 Å². The van der Waals surface area contributed by atoms with Crippen LogP contribution in [-0.2, 0) is 0 Å². The fourth-order valence-corrected chi connectivity index (χ4v) is 1.83. The molecule has 0 amide bonds. The van der Waals surface area contributed by atoms with Gasteiger partial charge in [-0.25, -0.2) is 0 Å². The highest BCUT2D eigenvalue weighted by Gasteiger charge is 2.15. The first-order valence-electron chi connectivity index (χ1n) is 5.36. The quantitative estimate of drug-likeness (QED) is 0.676. The predicted octanol–water partition coefficient (Wildman–Crippen LogP) is 0.232. The van der Waals surface area contributed by atoms with E-state index in [1.54, 1.807) is 0 Å². The fourth-order valence-electron chi connectivity index (χ4n) is 1.83. The summed E-state index contributed by atoms with van der Waals surface area (Å²) < 4.78 is 0. The highest BCUT2D eigenvalue weighted by atomic mass is 15.3. The molecule has 1 aliphatic rings. The molecule has 1 unspecified atom stereocenters. The van der Waals surface area contributed by atoms with Gasteiger partial charge in [-0.3, -0.25) is 4.90 Å². The Morgan fingerprint density at radius 3 is 2.38 bits per heavy atom. The van der Waals surface area contributed by atoms with E-state index in [0.717, 1.165) is 6.54 Å². The second-order valence-corrected chi connectivity index (χ2v) is 4.06. The van der Waals surface area contributed by atoms with Gasteiger partial charge in [0.05, 0.1) is 0 Å². The molecule has 0 radical (unpaired) electrons. The molecule has 1 fully saturated rings. The zero-order valence-corrected chi connectivity index (χ0v) is 9.21. The van der Waals surface area contributed by atoms with Crippen LogP contribution in [0.1, 0.15) is 13.8 Å². The van der Waals surface area contributed by atoms with Crippen LogP contribution in [0.2, 0.25) is 0 Å². The van der Waals surface area contributed by atoms with Gasteiger partial charge in [-0.2, -0.15) is 0 Å². The molecule has 1 rings (SSSR count). The van der Waals surface area contributed by atoms with Crippen molar-refractivity contribution in [1.29, 1.82) is 0 Å². The third kappa shape index (κ3) is 4.07. The predicted molar refractivity (Wildman–Crippen MR) is 57.1 cm³/mol. The van der Waals surface area contributed by atoms with Gasteiger partial charge in [0.1, 0.15) is 0 Å². The lowest BCUT2D eigenvalue weighted by molar-refractivity contribution is 0.144. The minimum absolute atomic E-state index is 0.633. The molecule has 78 valence electrons. The van der Waals surface area contributed by atoms with E-state index in [4.69, 9.17) is 0 Å². The van der Waals surface area contributed by atoms with Gasteiger partial charge in [0.25, 0.3) is 0 Å². The summed E-state index contributed by atoms with van der Waals surface area (Å²) in [4.78, 5) is 4.95. The molecule has 0 bridgehead atoms. The van der Waals surface area contributed by atoms with Crippen LogP contribution in [0.25, 0.3) is 0 Å². The molecular weight excluding hydrogens is 162 g/mol. The highest BCUT2D eigenvalue weighted by Crippen LogP contribution is 1.99. The van der Waals surface area contributed by atoms with Crippen LogP contribution in [0.5, 0.6) is 0 Å². The molecule has 1 aliphatic heterocycles. The van der Waals surface area contributed by atoms with E-state index in [-0.39, 0.29) is 0 Å². The van der Waals surface area contributed by atoms with E-state index in [0.29, 0.717) is 6.04 Å².